The van der Waals surface area contributed by atoms with E-state index in [1.807, 2.05) is 29.1 Å². The number of aryl methyl sites for hydroxylation is 1. The van der Waals surface area contributed by atoms with E-state index < -0.39 is 0 Å². The summed E-state index contributed by atoms with van der Waals surface area (Å²) >= 11 is 5.04. The average Bonchev–Trinajstić information content (AvgIpc) is 3.25. The Morgan fingerprint density at radius 3 is 3.14 bits per heavy atom. The number of aromatic amines is 1. The fourth-order valence-corrected chi connectivity index (χ4v) is 3.22. The van der Waals surface area contributed by atoms with Crippen molar-refractivity contribution < 1.29 is 4.79 Å². The van der Waals surface area contributed by atoms with E-state index in [-0.39, 0.29) is 5.91 Å². The molecule has 114 valence electrons. The molecular formula is C14H14BrN5OS. The van der Waals surface area contributed by atoms with Gasteiger partial charge in [0.15, 0.2) is 5.69 Å². The van der Waals surface area contributed by atoms with Gasteiger partial charge in [0.2, 0.25) is 0 Å². The Bertz CT molecular complexity index is 777. The van der Waals surface area contributed by atoms with Gasteiger partial charge in [0.25, 0.3) is 5.91 Å². The predicted molar refractivity (Wildman–Crippen MR) is 88.7 cm³/mol. The summed E-state index contributed by atoms with van der Waals surface area (Å²) in [6.45, 7) is 3.15. The summed E-state index contributed by atoms with van der Waals surface area (Å²) in [6, 6.07) is 5.70. The number of halogens is 1. The van der Waals surface area contributed by atoms with Crippen LogP contribution in [0.5, 0.6) is 0 Å². The molecular weight excluding hydrogens is 366 g/mol. The number of amides is 1. The van der Waals surface area contributed by atoms with Crippen LogP contribution in [0.1, 0.15) is 23.1 Å². The molecule has 3 aromatic rings. The summed E-state index contributed by atoms with van der Waals surface area (Å²) < 4.78 is 2.72. The minimum Gasteiger partial charge on any atom is -0.345 e. The van der Waals surface area contributed by atoms with E-state index in [2.05, 4.69) is 36.5 Å². The molecule has 22 heavy (non-hydrogen) atoms. The van der Waals surface area contributed by atoms with Gasteiger partial charge < -0.3 is 5.32 Å². The fourth-order valence-electron chi connectivity index (χ4n) is 2.09. The first-order valence-electron chi connectivity index (χ1n) is 6.76. The van der Waals surface area contributed by atoms with Gasteiger partial charge in [-0.2, -0.15) is 10.2 Å². The second-order valence-corrected chi connectivity index (χ2v) is 6.38. The Morgan fingerprint density at radius 2 is 2.41 bits per heavy atom. The Kier molecular flexibility index (Phi) is 4.39. The number of thiophene rings is 1. The zero-order valence-electron chi connectivity index (χ0n) is 11.8. The highest BCUT2D eigenvalue weighted by Gasteiger charge is 2.14. The number of carbonyl (C=O) groups is 1. The molecule has 3 heterocycles. The van der Waals surface area contributed by atoms with Crippen molar-refractivity contribution in [2.24, 2.45) is 0 Å². The maximum absolute atomic E-state index is 12.2. The van der Waals surface area contributed by atoms with Gasteiger partial charge in [0.1, 0.15) is 0 Å². The van der Waals surface area contributed by atoms with E-state index in [1.54, 1.807) is 23.6 Å². The number of carbonyl (C=O) groups excluding carboxylic acids is 1. The monoisotopic (exact) mass is 379 g/mol. The number of nitrogens with one attached hydrogen (secondary N) is 2. The van der Waals surface area contributed by atoms with Gasteiger partial charge in [-0.15, -0.1) is 11.3 Å². The third-order valence-corrected chi connectivity index (χ3v) is 4.78. The highest BCUT2D eigenvalue weighted by molar-refractivity contribution is 9.10. The zero-order chi connectivity index (χ0) is 15.5. The molecule has 0 spiro atoms. The smallest absolute Gasteiger partial charge is 0.272 e. The maximum atomic E-state index is 12.2. The van der Waals surface area contributed by atoms with E-state index >= 15 is 0 Å². The molecule has 0 aliphatic heterocycles. The quantitative estimate of drug-likeness (QED) is 0.715. The number of nitrogens with zero attached hydrogens (tertiary/aromatic N) is 3. The molecule has 0 aromatic carbocycles. The lowest BCUT2D eigenvalue weighted by atomic mass is 10.3. The summed E-state index contributed by atoms with van der Waals surface area (Å²) in [7, 11) is 0. The van der Waals surface area contributed by atoms with Crippen molar-refractivity contribution in [2.75, 3.05) is 0 Å². The predicted octanol–water partition coefficient (Wildman–Crippen LogP) is 3.05. The van der Waals surface area contributed by atoms with Crippen molar-refractivity contribution in [3.63, 3.8) is 0 Å². The molecule has 1 amide bonds. The second kappa shape index (κ2) is 6.45. The first-order valence-corrected chi connectivity index (χ1v) is 8.44. The largest absolute Gasteiger partial charge is 0.345 e. The Hall–Kier alpha value is -1.93. The fraction of sp³-hybridized carbons (Fsp3) is 0.214. The summed E-state index contributed by atoms with van der Waals surface area (Å²) in [5.41, 5.74) is 2.16. The third-order valence-electron chi connectivity index (χ3n) is 3.21. The van der Waals surface area contributed by atoms with Crippen LogP contribution in [-0.2, 0) is 13.1 Å². The molecule has 0 saturated heterocycles. The molecule has 0 aliphatic rings. The van der Waals surface area contributed by atoms with Gasteiger partial charge in [0, 0.05) is 6.54 Å². The molecule has 0 radical (unpaired) electrons. The summed E-state index contributed by atoms with van der Waals surface area (Å²) in [4.78, 5) is 13.3. The van der Waals surface area contributed by atoms with E-state index in [9.17, 15) is 4.79 Å². The van der Waals surface area contributed by atoms with E-state index in [0.717, 1.165) is 27.3 Å². The van der Waals surface area contributed by atoms with Gasteiger partial charge in [-0.3, -0.25) is 14.6 Å². The van der Waals surface area contributed by atoms with Crippen LogP contribution in [0.15, 0.2) is 34.2 Å². The molecule has 8 heteroatoms. The van der Waals surface area contributed by atoms with Crippen molar-refractivity contribution >= 4 is 33.2 Å². The molecule has 3 aromatic heterocycles. The van der Waals surface area contributed by atoms with Gasteiger partial charge in [0.05, 0.1) is 33.5 Å². The molecule has 0 atom stereocenters. The average molecular weight is 380 g/mol. The Morgan fingerprint density at radius 1 is 1.55 bits per heavy atom. The highest BCUT2D eigenvalue weighted by Crippen LogP contribution is 2.23. The van der Waals surface area contributed by atoms with Crippen LogP contribution >= 0.6 is 27.3 Å². The van der Waals surface area contributed by atoms with Crippen LogP contribution in [0, 0.1) is 0 Å². The van der Waals surface area contributed by atoms with Crippen LogP contribution in [-0.4, -0.2) is 25.9 Å². The maximum Gasteiger partial charge on any atom is 0.272 e. The van der Waals surface area contributed by atoms with E-state index in [0.29, 0.717) is 12.2 Å². The number of hydrogen-bond donors (Lipinski definition) is 2. The van der Waals surface area contributed by atoms with Crippen molar-refractivity contribution in [1.82, 2.24) is 25.3 Å². The minimum absolute atomic E-state index is 0.213. The lowest BCUT2D eigenvalue weighted by Gasteiger charge is -2.06. The van der Waals surface area contributed by atoms with Gasteiger partial charge in [-0.1, -0.05) is 6.07 Å². The van der Waals surface area contributed by atoms with Gasteiger partial charge >= 0.3 is 0 Å². The van der Waals surface area contributed by atoms with E-state index in [4.69, 9.17) is 0 Å². The lowest BCUT2D eigenvalue weighted by Crippen LogP contribution is -2.25. The number of aromatic nitrogens is 4. The molecule has 2 N–H and O–H groups in total. The van der Waals surface area contributed by atoms with Crippen LogP contribution in [0.25, 0.3) is 10.6 Å². The standard InChI is InChI=1S/C14H14BrN5OS/c1-2-20-12(9(15)7-17-20)8-16-14(21)11-6-10(18-19-11)13-4-3-5-22-13/h3-7H,2,8H2,1H3,(H,16,21)(H,18,19). The summed E-state index contributed by atoms with van der Waals surface area (Å²) in [5.74, 6) is -0.213. The molecule has 6 nitrogen and oxygen atoms in total. The Balaban J connectivity index is 1.69. The van der Waals surface area contributed by atoms with Crippen molar-refractivity contribution in [3.05, 3.63) is 45.6 Å². The molecule has 0 unspecified atom stereocenters. The first kappa shape index (κ1) is 15.0. The molecule has 0 aliphatic carbocycles. The van der Waals surface area contributed by atoms with E-state index in [1.165, 1.54) is 0 Å². The molecule has 0 saturated carbocycles. The number of H-pyrrole nitrogens is 1. The molecule has 0 bridgehead atoms. The van der Waals surface area contributed by atoms with Crippen molar-refractivity contribution in [1.29, 1.82) is 0 Å². The van der Waals surface area contributed by atoms with Crippen LogP contribution in [0.4, 0.5) is 0 Å². The summed E-state index contributed by atoms with van der Waals surface area (Å²) in [5, 5.41) is 16.0. The van der Waals surface area contributed by atoms with Crippen LogP contribution < -0.4 is 5.32 Å². The van der Waals surface area contributed by atoms with Crippen LogP contribution in [0.2, 0.25) is 0 Å². The highest BCUT2D eigenvalue weighted by atomic mass is 79.9. The topological polar surface area (TPSA) is 75.6 Å². The van der Waals surface area contributed by atoms with Crippen molar-refractivity contribution in [3.8, 4) is 10.6 Å². The first-order chi connectivity index (χ1) is 10.7. The second-order valence-electron chi connectivity index (χ2n) is 4.58. The van der Waals surface area contributed by atoms with Crippen LogP contribution in [0.3, 0.4) is 0 Å². The molecule has 3 rings (SSSR count). The number of hydrogen-bond acceptors (Lipinski definition) is 4. The van der Waals surface area contributed by atoms with Crippen molar-refractivity contribution in [2.45, 2.75) is 20.0 Å². The minimum atomic E-state index is -0.213. The zero-order valence-corrected chi connectivity index (χ0v) is 14.2. The normalized spacial score (nSPS) is 10.8. The molecule has 0 fully saturated rings. The van der Waals surface area contributed by atoms with Gasteiger partial charge in [-0.05, 0) is 40.4 Å². The van der Waals surface area contributed by atoms with Gasteiger partial charge in [-0.25, -0.2) is 0 Å². The number of rotatable bonds is 5. The Labute approximate surface area is 139 Å². The summed E-state index contributed by atoms with van der Waals surface area (Å²) in [6.07, 6.45) is 1.73. The third kappa shape index (κ3) is 2.97. The SMILES string of the molecule is CCn1ncc(Br)c1CNC(=O)c1cc(-c2cccs2)[nH]n1. The lowest BCUT2D eigenvalue weighted by molar-refractivity contribution is 0.0945.